The van der Waals surface area contributed by atoms with E-state index in [0.717, 1.165) is 5.56 Å². The van der Waals surface area contributed by atoms with E-state index in [9.17, 15) is 0 Å². The minimum Gasteiger partial charge on any atom is -0.457 e. The summed E-state index contributed by atoms with van der Waals surface area (Å²) in [4.78, 5) is 4.00. The summed E-state index contributed by atoms with van der Waals surface area (Å²) in [5.74, 6) is 7.19. The number of anilines is 1. The molecule has 0 aliphatic carbocycles. The summed E-state index contributed by atoms with van der Waals surface area (Å²) in [5.41, 5.74) is 3.47. The van der Waals surface area contributed by atoms with Crippen molar-refractivity contribution in [3.8, 4) is 11.5 Å². The molecule has 0 spiro atoms. The number of nitrogen functional groups attached to an aromatic ring is 1. The normalized spacial score (nSPS) is 10.1. The zero-order valence-corrected chi connectivity index (χ0v) is 10.0. The van der Waals surface area contributed by atoms with E-state index in [4.69, 9.17) is 22.2 Å². The fourth-order valence-corrected chi connectivity index (χ4v) is 1.53. The van der Waals surface area contributed by atoms with Crippen LogP contribution >= 0.6 is 11.6 Å². The SMILES string of the molecule is Cc1ccc(Cl)cc1Oc1ccnc(NN)c1. The number of ether oxygens (including phenoxy) is 1. The highest BCUT2D eigenvalue weighted by Gasteiger charge is 2.03. The van der Waals surface area contributed by atoms with Crippen LogP contribution in [0.4, 0.5) is 5.82 Å². The summed E-state index contributed by atoms with van der Waals surface area (Å²) >= 11 is 5.92. The Morgan fingerprint density at radius 1 is 1.29 bits per heavy atom. The molecule has 4 nitrogen and oxygen atoms in total. The molecule has 1 aromatic carbocycles. The number of nitrogens with one attached hydrogen (secondary N) is 1. The number of pyridine rings is 1. The summed E-state index contributed by atoms with van der Waals surface area (Å²) in [6, 6.07) is 8.96. The predicted octanol–water partition coefficient (Wildman–Crippen LogP) is 3.12. The zero-order chi connectivity index (χ0) is 12.3. The van der Waals surface area contributed by atoms with Crippen LogP contribution < -0.4 is 16.0 Å². The van der Waals surface area contributed by atoms with Gasteiger partial charge in [0.2, 0.25) is 0 Å². The van der Waals surface area contributed by atoms with E-state index in [1.165, 1.54) is 0 Å². The first kappa shape index (κ1) is 11.7. The van der Waals surface area contributed by atoms with E-state index in [1.54, 1.807) is 24.4 Å². The molecule has 17 heavy (non-hydrogen) atoms. The van der Waals surface area contributed by atoms with Crippen molar-refractivity contribution in [2.24, 2.45) is 5.84 Å². The Hall–Kier alpha value is -1.78. The lowest BCUT2D eigenvalue weighted by Crippen LogP contribution is -2.08. The van der Waals surface area contributed by atoms with Crippen LogP contribution in [-0.4, -0.2) is 4.98 Å². The lowest BCUT2D eigenvalue weighted by molar-refractivity contribution is 0.478. The number of nitrogens with two attached hydrogens (primary N) is 1. The number of aromatic nitrogens is 1. The summed E-state index contributed by atoms with van der Waals surface area (Å²) in [7, 11) is 0. The summed E-state index contributed by atoms with van der Waals surface area (Å²) in [6.07, 6.45) is 1.62. The van der Waals surface area contributed by atoms with Gasteiger partial charge in [-0.15, -0.1) is 0 Å². The molecule has 1 heterocycles. The van der Waals surface area contributed by atoms with E-state index >= 15 is 0 Å². The second kappa shape index (κ2) is 5.03. The molecule has 0 fully saturated rings. The smallest absolute Gasteiger partial charge is 0.143 e. The molecule has 0 saturated heterocycles. The van der Waals surface area contributed by atoms with Crippen LogP contribution in [-0.2, 0) is 0 Å². The first-order valence-electron chi connectivity index (χ1n) is 5.06. The average molecular weight is 250 g/mol. The molecule has 0 aliphatic rings. The third-order valence-electron chi connectivity index (χ3n) is 2.26. The summed E-state index contributed by atoms with van der Waals surface area (Å²) in [5, 5.41) is 0.636. The second-order valence-corrected chi connectivity index (χ2v) is 3.97. The second-order valence-electron chi connectivity index (χ2n) is 3.53. The molecule has 0 atom stereocenters. The van der Waals surface area contributed by atoms with Gasteiger partial charge in [0.1, 0.15) is 17.3 Å². The van der Waals surface area contributed by atoms with Gasteiger partial charge in [-0.3, -0.25) is 0 Å². The molecule has 0 saturated carbocycles. The number of hydrogen-bond acceptors (Lipinski definition) is 4. The maximum absolute atomic E-state index is 5.92. The highest BCUT2D eigenvalue weighted by atomic mass is 35.5. The van der Waals surface area contributed by atoms with Gasteiger partial charge >= 0.3 is 0 Å². The number of benzene rings is 1. The standard InChI is InChI=1S/C12H12ClN3O/c1-8-2-3-9(13)6-11(8)17-10-4-5-15-12(7-10)16-14/h2-7H,14H2,1H3,(H,15,16). The number of rotatable bonds is 3. The Morgan fingerprint density at radius 3 is 2.88 bits per heavy atom. The molecule has 88 valence electrons. The third kappa shape index (κ3) is 2.87. The first-order chi connectivity index (χ1) is 8.19. The molecule has 0 radical (unpaired) electrons. The van der Waals surface area contributed by atoms with Gasteiger partial charge in [-0.25, -0.2) is 10.8 Å². The largest absolute Gasteiger partial charge is 0.457 e. The molecular weight excluding hydrogens is 238 g/mol. The van der Waals surface area contributed by atoms with Gasteiger partial charge in [-0.1, -0.05) is 17.7 Å². The van der Waals surface area contributed by atoms with Crippen LogP contribution in [0, 0.1) is 6.92 Å². The van der Waals surface area contributed by atoms with E-state index in [-0.39, 0.29) is 0 Å². The number of hydrogen-bond donors (Lipinski definition) is 2. The Kier molecular flexibility index (Phi) is 3.46. The molecule has 1 aromatic heterocycles. The summed E-state index contributed by atoms with van der Waals surface area (Å²) in [6.45, 7) is 1.95. The molecule has 2 aromatic rings. The lowest BCUT2D eigenvalue weighted by Gasteiger charge is -2.09. The van der Waals surface area contributed by atoms with E-state index in [2.05, 4.69) is 10.4 Å². The highest BCUT2D eigenvalue weighted by molar-refractivity contribution is 6.30. The minimum atomic E-state index is 0.544. The number of nitrogens with zero attached hydrogens (tertiary/aromatic N) is 1. The fourth-order valence-electron chi connectivity index (χ4n) is 1.36. The molecule has 0 aliphatic heterocycles. The Morgan fingerprint density at radius 2 is 2.12 bits per heavy atom. The average Bonchev–Trinajstić information content (AvgIpc) is 2.34. The van der Waals surface area contributed by atoms with Gasteiger partial charge in [-0.05, 0) is 30.7 Å². The van der Waals surface area contributed by atoms with Gasteiger partial charge in [0.05, 0.1) is 0 Å². The first-order valence-corrected chi connectivity index (χ1v) is 5.43. The number of halogens is 1. The van der Waals surface area contributed by atoms with E-state index in [1.807, 2.05) is 19.1 Å². The lowest BCUT2D eigenvalue weighted by atomic mass is 10.2. The van der Waals surface area contributed by atoms with Crippen LogP contribution in [0.3, 0.4) is 0 Å². The Balaban J connectivity index is 2.27. The van der Waals surface area contributed by atoms with Crippen molar-refractivity contribution < 1.29 is 4.74 Å². The Bertz CT molecular complexity index is 531. The van der Waals surface area contributed by atoms with Crippen LogP contribution in [0.25, 0.3) is 0 Å². The molecular formula is C12H12ClN3O. The van der Waals surface area contributed by atoms with Crippen LogP contribution in [0.2, 0.25) is 5.02 Å². The topological polar surface area (TPSA) is 60.2 Å². The molecule has 0 bridgehead atoms. The van der Waals surface area contributed by atoms with Crippen molar-refractivity contribution in [1.29, 1.82) is 0 Å². The molecule has 5 heteroatoms. The van der Waals surface area contributed by atoms with Gasteiger partial charge in [-0.2, -0.15) is 0 Å². The highest BCUT2D eigenvalue weighted by Crippen LogP contribution is 2.28. The fraction of sp³-hybridized carbons (Fsp3) is 0.0833. The maximum Gasteiger partial charge on any atom is 0.143 e. The van der Waals surface area contributed by atoms with Gasteiger partial charge < -0.3 is 10.2 Å². The molecule has 0 amide bonds. The molecule has 2 rings (SSSR count). The van der Waals surface area contributed by atoms with Crippen molar-refractivity contribution in [3.05, 3.63) is 47.1 Å². The quantitative estimate of drug-likeness (QED) is 0.648. The van der Waals surface area contributed by atoms with Gasteiger partial charge in [0.25, 0.3) is 0 Å². The van der Waals surface area contributed by atoms with Gasteiger partial charge in [0.15, 0.2) is 0 Å². The monoisotopic (exact) mass is 249 g/mol. The van der Waals surface area contributed by atoms with Crippen molar-refractivity contribution in [2.45, 2.75) is 6.92 Å². The molecule has 3 N–H and O–H groups in total. The number of hydrazine groups is 1. The van der Waals surface area contributed by atoms with Crippen molar-refractivity contribution >= 4 is 17.4 Å². The Labute approximate surface area is 104 Å². The van der Waals surface area contributed by atoms with Crippen LogP contribution in [0.15, 0.2) is 36.5 Å². The predicted molar refractivity (Wildman–Crippen MR) is 68.3 cm³/mol. The van der Waals surface area contributed by atoms with Crippen LogP contribution in [0.5, 0.6) is 11.5 Å². The summed E-state index contributed by atoms with van der Waals surface area (Å²) < 4.78 is 5.71. The van der Waals surface area contributed by atoms with Crippen molar-refractivity contribution in [3.63, 3.8) is 0 Å². The van der Waals surface area contributed by atoms with Crippen molar-refractivity contribution in [1.82, 2.24) is 4.98 Å². The molecule has 0 unspecified atom stereocenters. The van der Waals surface area contributed by atoms with E-state index in [0.29, 0.717) is 22.3 Å². The van der Waals surface area contributed by atoms with Crippen molar-refractivity contribution in [2.75, 3.05) is 5.43 Å². The maximum atomic E-state index is 5.92. The zero-order valence-electron chi connectivity index (χ0n) is 9.27. The van der Waals surface area contributed by atoms with Crippen LogP contribution in [0.1, 0.15) is 5.56 Å². The minimum absolute atomic E-state index is 0.544. The van der Waals surface area contributed by atoms with Gasteiger partial charge in [0, 0.05) is 17.3 Å². The van der Waals surface area contributed by atoms with E-state index < -0.39 is 0 Å². The third-order valence-corrected chi connectivity index (χ3v) is 2.49. The number of aryl methyl sites for hydroxylation is 1.